The van der Waals surface area contributed by atoms with Crippen LogP contribution in [0.2, 0.25) is 5.02 Å². The molecule has 1 N–H and O–H groups in total. The molecule has 7 nitrogen and oxygen atoms in total. The maximum atomic E-state index is 14.1. The van der Waals surface area contributed by atoms with Crippen LogP contribution in [0.15, 0.2) is 53.4 Å². The van der Waals surface area contributed by atoms with E-state index in [1.807, 2.05) is 0 Å². The molecule has 0 aliphatic heterocycles. The summed E-state index contributed by atoms with van der Waals surface area (Å²) in [6.45, 7) is 2.88. The Morgan fingerprint density at radius 1 is 1.06 bits per heavy atom. The van der Waals surface area contributed by atoms with E-state index in [9.17, 15) is 18.3 Å². The smallest absolute Gasteiger partial charge is 0.390 e. The Hall–Kier alpha value is -3.24. The van der Waals surface area contributed by atoms with Gasteiger partial charge >= 0.3 is 6.18 Å². The lowest BCUT2D eigenvalue weighted by Crippen LogP contribution is -2.24. The van der Waals surface area contributed by atoms with Crippen LogP contribution in [-0.4, -0.2) is 35.6 Å². The second-order valence-electron chi connectivity index (χ2n) is 7.98. The molecule has 11 heteroatoms. The van der Waals surface area contributed by atoms with E-state index in [1.165, 1.54) is 26.2 Å². The van der Waals surface area contributed by atoms with Crippen molar-refractivity contribution in [3.63, 3.8) is 0 Å². The van der Waals surface area contributed by atoms with Crippen molar-refractivity contribution in [2.75, 3.05) is 0 Å². The van der Waals surface area contributed by atoms with E-state index >= 15 is 0 Å². The molecular formula is C22H19ClF3N5O2. The lowest BCUT2D eigenvalue weighted by Gasteiger charge is -2.18. The van der Waals surface area contributed by atoms with Crippen LogP contribution in [0.4, 0.5) is 13.2 Å². The van der Waals surface area contributed by atoms with Crippen molar-refractivity contribution in [1.29, 1.82) is 0 Å². The highest BCUT2D eigenvalue weighted by atomic mass is 35.5. The van der Waals surface area contributed by atoms with Gasteiger partial charge in [-0.3, -0.25) is 4.68 Å². The second kappa shape index (κ2) is 8.60. The molecule has 0 saturated carbocycles. The summed E-state index contributed by atoms with van der Waals surface area (Å²) in [5.41, 5.74) is -1.67. The van der Waals surface area contributed by atoms with Gasteiger partial charge in [0.15, 0.2) is 17.3 Å². The normalized spacial score (nSPS) is 12.3. The molecule has 172 valence electrons. The largest absolute Gasteiger partial charge is 0.433 e. The third-order valence-corrected chi connectivity index (χ3v) is 5.23. The number of benzene rings is 1. The Morgan fingerprint density at radius 2 is 1.76 bits per heavy atom. The molecule has 3 heterocycles. The lowest BCUT2D eigenvalue weighted by atomic mass is 10.0. The summed E-state index contributed by atoms with van der Waals surface area (Å²) in [6, 6.07) is 8.34. The Bertz CT molecular complexity index is 1260. The Balaban J connectivity index is 1.94. The van der Waals surface area contributed by atoms with E-state index in [0.29, 0.717) is 10.6 Å². The van der Waals surface area contributed by atoms with E-state index in [1.54, 1.807) is 30.3 Å². The number of aryl methyl sites for hydroxylation is 1. The van der Waals surface area contributed by atoms with Crippen molar-refractivity contribution in [3.05, 3.63) is 59.6 Å². The maximum absolute atomic E-state index is 14.1. The summed E-state index contributed by atoms with van der Waals surface area (Å²) in [7, 11) is 0. The molecule has 4 aromatic rings. The zero-order valence-electron chi connectivity index (χ0n) is 17.6. The summed E-state index contributed by atoms with van der Waals surface area (Å²) < 4.78 is 48.7. The molecule has 0 amide bonds. The first-order valence-electron chi connectivity index (χ1n) is 9.94. The monoisotopic (exact) mass is 477 g/mol. The first-order chi connectivity index (χ1) is 15.6. The van der Waals surface area contributed by atoms with Crippen LogP contribution in [0.25, 0.3) is 34.0 Å². The number of alkyl halides is 3. The predicted octanol–water partition coefficient (Wildman–Crippen LogP) is 5.50. The van der Waals surface area contributed by atoms with Gasteiger partial charge in [0.25, 0.3) is 0 Å². The van der Waals surface area contributed by atoms with Gasteiger partial charge in [-0.2, -0.15) is 18.3 Å². The number of aromatic nitrogens is 5. The summed E-state index contributed by atoms with van der Waals surface area (Å²) in [5, 5.41) is 18.3. The van der Waals surface area contributed by atoms with Crippen molar-refractivity contribution in [2.24, 2.45) is 0 Å². The van der Waals surface area contributed by atoms with Gasteiger partial charge in [0.1, 0.15) is 5.69 Å². The van der Waals surface area contributed by atoms with E-state index in [0.717, 1.165) is 10.9 Å². The Morgan fingerprint density at radius 3 is 2.39 bits per heavy atom. The van der Waals surface area contributed by atoms with Crippen LogP contribution in [0.1, 0.15) is 26.0 Å². The first kappa shape index (κ1) is 22.9. The fourth-order valence-electron chi connectivity index (χ4n) is 3.35. The number of aliphatic hydroxyl groups is 1. The zero-order valence-corrected chi connectivity index (χ0v) is 18.4. The molecule has 0 atom stereocenters. The highest BCUT2D eigenvalue weighted by Gasteiger charge is 2.41. The molecule has 0 bridgehead atoms. The fraction of sp³-hybridized carbons (Fsp3) is 0.273. The molecule has 0 aliphatic rings. The minimum Gasteiger partial charge on any atom is -0.390 e. The highest BCUT2D eigenvalue weighted by molar-refractivity contribution is 6.33. The molecular weight excluding hydrogens is 459 g/mol. The van der Waals surface area contributed by atoms with Gasteiger partial charge in [0.2, 0.25) is 0 Å². The van der Waals surface area contributed by atoms with Crippen molar-refractivity contribution in [2.45, 2.75) is 38.6 Å². The molecule has 1 aromatic carbocycles. The van der Waals surface area contributed by atoms with Gasteiger partial charge in [-0.05, 0) is 32.4 Å². The molecule has 0 aliphatic carbocycles. The van der Waals surface area contributed by atoms with Gasteiger partial charge in [0, 0.05) is 24.5 Å². The minimum atomic E-state index is -4.75. The summed E-state index contributed by atoms with van der Waals surface area (Å²) in [6.07, 6.45) is -0.693. The molecule has 0 radical (unpaired) electrons. The predicted molar refractivity (Wildman–Crippen MR) is 115 cm³/mol. The summed E-state index contributed by atoms with van der Waals surface area (Å²) in [4.78, 5) is 8.39. The molecule has 33 heavy (non-hydrogen) atoms. The van der Waals surface area contributed by atoms with Crippen molar-refractivity contribution < 1.29 is 22.8 Å². The summed E-state index contributed by atoms with van der Waals surface area (Å²) >= 11 is 6.32. The quantitative estimate of drug-likeness (QED) is 0.394. The van der Waals surface area contributed by atoms with Crippen LogP contribution in [0.3, 0.4) is 0 Å². The second-order valence-corrected chi connectivity index (χ2v) is 8.38. The van der Waals surface area contributed by atoms with Crippen molar-refractivity contribution in [1.82, 2.24) is 24.9 Å². The number of hydrogen-bond acceptors (Lipinski definition) is 6. The maximum Gasteiger partial charge on any atom is 0.433 e. The molecule has 4 rings (SSSR count). The van der Waals surface area contributed by atoms with Gasteiger partial charge in [-0.1, -0.05) is 35.0 Å². The number of nitrogens with zero attached hydrogens (tertiary/aromatic N) is 5. The fourth-order valence-corrected chi connectivity index (χ4v) is 3.57. The first-order valence-corrected chi connectivity index (χ1v) is 10.3. The molecule has 0 saturated heterocycles. The van der Waals surface area contributed by atoms with E-state index in [2.05, 4.69) is 20.2 Å². The zero-order chi connectivity index (χ0) is 23.8. The van der Waals surface area contributed by atoms with Crippen LogP contribution < -0.4 is 0 Å². The van der Waals surface area contributed by atoms with E-state index < -0.39 is 17.5 Å². The third kappa shape index (κ3) is 4.76. The van der Waals surface area contributed by atoms with Gasteiger partial charge in [-0.25, -0.2) is 9.97 Å². The van der Waals surface area contributed by atoms with Gasteiger partial charge in [-0.15, -0.1) is 0 Å². The van der Waals surface area contributed by atoms with Gasteiger partial charge < -0.3 is 9.63 Å². The average molecular weight is 478 g/mol. The third-order valence-electron chi connectivity index (χ3n) is 4.90. The number of halogens is 4. The number of hydrogen-bond donors (Lipinski definition) is 1. The van der Waals surface area contributed by atoms with Gasteiger partial charge in [0.05, 0.1) is 27.9 Å². The standard InChI is InChI=1S/C22H19ClF3N5O2/c1-21(2,32)8-11-31-19(22(24,25)26)14(12-29-31)18-16(20-27-9-5-10-28-20)17(30-33-18)13-6-3-4-7-15(13)23/h3-7,9-10,12,32H,8,11H2,1-2H3. The topological polar surface area (TPSA) is 89.9 Å². The van der Waals surface area contributed by atoms with Crippen molar-refractivity contribution in [3.8, 4) is 34.0 Å². The molecule has 0 fully saturated rings. The minimum absolute atomic E-state index is 0.0626. The van der Waals surface area contributed by atoms with Crippen LogP contribution in [-0.2, 0) is 12.7 Å². The number of rotatable bonds is 6. The van der Waals surface area contributed by atoms with E-state index in [-0.39, 0.29) is 41.4 Å². The molecule has 0 spiro atoms. The summed E-state index contributed by atoms with van der Waals surface area (Å²) in [5.74, 6) is -0.0565. The van der Waals surface area contributed by atoms with E-state index in [4.69, 9.17) is 16.1 Å². The molecule has 3 aromatic heterocycles. The average Bonchev–Trinajstić information content (AvgIpc) is 3.37. The SMILES string of the molecule is CC(C)(O)CCn1ncc(-c2onc(-c3ccccc3Cl)c2-c2ncccn2)c1C(F)(F)F. The van der Waals surface area contributed by atoms with Crippen LogP contribution >= 0.6 is 11.6 Å². The lowest BCUT2D eigenvalue weighted by molar-refractivity contribution is -0.144. The van der Waals surface area contributed by atoms with Crippen molar-refractivity contribution >= 4 is 11.6 Å². The Labute approximate surface area is 191 Å². The highest BCUT2D eigenvalue weighted by Crippen LogP contribution is 2.44. The Kier molecular flexibility index (Phi) is 5.98. The van der Waals surface area contributed by atoms with Crippen LogP contribution in [0, 0.1) is 0 Å². The van der Waals surface area contributed by atoms with Crippen LogP contribution in [0.5, 0.6) is 0 Å². The molecule has 0 unspecified atom stereocenters.